The lowest BCUT2D eigenvalue weighted by atomic mass is 9.98. The Bertz CT molecular complexity index is 544. The number of nitrogens with one attached hydrogen (secondary N) is 1. The van der Waals surface area contributed by atoms with Crippen molar-refractivity contribution in [1.82, 2.24) is 5.32 Å². The highest BCUT2D eigenvalue weighted by molar-refractivity contribution is 7.99. The molecule has 1 fully saturated rings. The van der Waals surface area contributed by atoms with Gasteiger partial charge < -0.3 is 10.4 Å². The number of amides is 1. The van der Waals surface area contributed by atoms with Gasteiger partial charge >= 0.3 is 5.97 Å². The van der Waals surface area contributed by atoms with Crippen molar-refractivity contribution in [2.24, 2.45) is 0 Å². The van der Waals surface area contributed by atoms with Gasteiger partial charge in [-0.05, 0) is 29.9 Å². The zero-order chi connectivity index (χ0) is 14.8. The summed E-state index contributed by atoms with van der Waals surface area (Å²) >= 11 is 1.46. The second-order valence-electron chi connectivity index (χ2n) is 4.66. The van der Waals surface area contributed by atoms with Crippen molar-refractivity contribution in [2.45, 2.75) is 18.4 Å². The van der Waals surface area contributed by atoms with Gasteiger partial charge in [0.15, 0.2) is 11.6 Å². The molecule has 1 saturated heterocycles. The Kier molecular flexibility index (Phi) is 4.27. The van der Waals surface area contributed by atoms with E-state index >= 15 is 0 Å². The average molecular weight is 301 g/mol. The van der Waals surface area contributed by atoms with Crippen molar-refractivity contribution in [3.8, 4) is 0 Å². The summed E-state index contributed by atoms with van der Waals surface area (Å²) in [4.78, 5) is 23.1. The first-order valence-electron chi connectivity index (χ1n) is 5.99. The van der Waals surface area contributed by atoms with Crippen molar-refractivity contribution in [2.75, 3.05) is 11.5 Å². The summed E-state index contributed by atoms with van der Waals surface area (Å²) in [6, 6.07) is 3.18. The second kappa shape index (κ2) is 5.78. The molecule has 0 spiro atoms. The van der Waals surface area contributed by atoms with Gasteiger partial charge in [-0.2, -0.15) is 11.8 Å². The van der Waals surface area contributed by atoms with Crippen molar-refractivity contribution in [3.63, 3.8) is 0 Å². The van der Waals surface area contributed by atoms with E-state index in [0.29, 0.717) is 23.5 Å². The van der Waals surface area contributed by atoms with Crippen LogP contribution in [0, 0.1) is 11.6 Å². The first-order valence-corrected chi connectivity index (χ1v) is 7.14. The molecule has 0 saturated carbocycles. The molecular weight excluding hydrogens is 288 g/mol. The number of carbonyl (C=O) groups excluding carboxylic acids is 1. The van der Waals surface area contributed by atoms with Crippen LogP contribution in [-0.2, 0) is 16.0 Å². The minimum Gasteiger partial charge on any atom is -0.479 e. The highest BCUT2D eigenvalue weighted by Gasteiger charge is 2.43. The van der Waals surface area contributed by atoms with E-state index in [9.17, 15) is 23.5 Å². The van der Waals surface area contributed by atoms with Crippen LogP contribution in [0.15, 0.2) is 18.2 Å². The maximum Gasteiger partial charge on any atom is 0.330 e. The normalized spacial score (nSPS) is 21.7. The Hall–Kier alpha value is -1.63. The Morgan fingerprint density at radius 3 is 2.65 bits per heavy atom. The topological polar surface area (TPSA) is 66.4 Å². The maximum atomic E-state index is 13.0. The third-order valence-electron chi connectivity index (χ3n) is 3.16. The third kappa shape index (κ3) is 3.09. The predicted octanol–water partition coefficient (Wildman–Crippen LogP) is 1.58. The molecule has 0 bridgehead atoms. The Labute approximate surface area is 118 Å². The van der Waals surface area contributed by atoms with Crippen molar-refractivity contribution >= 4 is 23.6 Å². The number of hydrogen-bond donors (Lipinski definition) is 2. The number of aliphatic carboxylic acids is 1. The molecule has 1 aliphatic heterocycles. The summed E-state index contributed by atoms with van der Waals surface area (Å²) < 4.78 is 25.8. The van der Waals surface area contributed by atoms with Crippen molar-refractivity contribution in [1.29, 1.82) is 0 Å². The van der Waals surface area contributed by atoms with E-state index in [1.807, 2.05) is 0 Å². The van der Waals surface area contributed by atoms with Crippen LogP contribution in [0.4, 0.5) is 8.78 Å². The molecule has 7 heteroatoms. The Morgan fingerprint density at radius 1 is 1.35 bits per heavy atom. The first-order chi connectivity index (χ1) is 9.43. The van der Waals surface area contributed by atoms with Gasteiger partial charge in [-0.1, -0.05) is 6.07 Å². The number of rotatable bonds is 4. The molecule has 2 N–H and O–H groups in total. The number of thioether (sulfide) groups is 1. The number of carbonyl (C=O) groups is 2. The summed E-state index contributed by atoms with van der Waals surface area (Å²) in [5.74, 6) is -2.62. The molecule has 1 aromatic carbocycles. The van der Waals surface area contributed by atoms with Crippen LogP contribution < -0.4 is 5.32 Å². The van der Waals surface area contributed by atoms with E-state index in [1.54, 1.807) is 0 Å². The number of hydrogen-bond acceptors (Lipinski definition) is 3. The van der Waals surface area contributed by atoms with Gasteiger partial charge in [-0.25, -0.2) is 13.6 Å². The number of benzene rings is 1. The molecule has 0 unspecified atom stereocenters. The first kappa shape index (κ1) is 14.8. The summed E-state index contributed by atoms with van der Waals surface area (Å²) in [5.41, 5.74) is -0.951. The zero-order valence-electron chi connectivity index (χ0n) is 10.5. The molecule has 1 aromatic rings. The van der Waals surface area contributed by atoms with E-state index in [2.05, 4.69) is 5.32 Å². The summed E-state index contributed by atoms with van der Waals surface area (Å²) in [6.07, 6.45) is 0.174. The standard InChI is InChI=1S/C13H13F2NO3S/c14-9-2-1-8(5-10(9)15)6-11(17)16-13(12(18)19)3-4-20-7-13/h1-2,5H,3-4,6-7H2,(H,16,17)(H,18,19)/t13-/m1/s1. The van der Waals surface area contributed by atoms with Crippen LogP contribution in [0.25, 0.3) is 0 Å². The lowest BCUT2D eigenvalue weighted by molar-refractivity contribution is -0.146. The Morgan fingerprint density at radius 2 is 2.10 bits per heavy atom. The molecule has 1 heterocycles. The zero-order valence-corrected chi connectivity index (χ0v) is 11.3. The molecule has 2 rings (SSSR count). The van der Waals surface area contributed by atoms with Crippen molar-refractivity contribution < 1.29 is 23.5 Å². The minimum atomic E-state index is -1.25. The Balaban J connectivity index is 2.04. The molecule has 108 valence electrons. The molecule has 1 atom stereocenters. The lowest BCUT2D eigenvalue weighted by Crippen LogP contribution is -2.55. The fraction of sp³-hybridized carbons (Fsp3) is 0.385. The fourth-order valence-corrected chi connectivity index (χ4v) is 3.36. The number of halogens is 2. The number of carboxylic acids is 1. The second-order valence-corrected chi connectivity index (χ2v) is 5.77. The smallest absolute Gasteiger partial charge is 0.330 e. The van der Waals surface area contributed by atoms with Gasteiger partial charge in [0.05, 0.1) is 6.42 Å². The molecule has 1 amide bonds. The van der Waals surface area contributed by atoms with Crippen LogP contribution >= 0.6 is 11.8 Å². The van der Waals surface area contributed by atoms with E-state index in [4.69, 9.17) is 0 Å². The predicted molar refractivity (Wildman–Crippen MR) is 70.5 cm³/mol. The molecule has 0 radical (unpaired) electrons. The van der Waals surface area contributed by atoms with Crippen LogP contribution in [0.2, 0.25) is 0 Å². The third-order valence-corrected chi connectivity index (χ3v) is 4.35. The fourth-order valence-electron chi connectivity index (χ4n) is 2.03. The van der Waals surface area contributed by atoms with Crippen LogP contribution in [0.3, 0.4) is 0 Å². The molecule has 0 aliphatic carbocycles. The lowest BCUT2D eigenvalue weighted by Gasteiger charge is -2.24. The SMILES string of the molecule is O=C(Cc1ccc(F)c(F)c1)N[C@]1(C(=O)O)CCSC1. The van der Waals surface area contributed by atoms with Crippen LogP contribution in [0.1, 0.15) is 12.0 Å². The van der Waals surface area contributed by atoms with Gasteiger partial charge in [0.1, 0.15) is 5.54 Å². The quantitative estimate of drug-likeness (QED) is 0.886. The van der Waals surface area contributed by atoms with Gasteiger partial charge in [0.25, 0.3) is 0 Å². The molecule has 1 aliphatic rings. The van der Waals surface area contributed by atoms with Gasteiger partial charge in [-0.15, -0.1) is 0 Å². The summed E-state index contributed by atoms with van der Waals surface area (Å²) in [6.45, 7) is 0. The van der Waals surface area contributed by atoms with Crippen molar-refractivity contribution in [3.05, 3.63) is 35.4 Å². The van der Waals surface area contributed by atoms with Crippen LogP contribution in [0.5, 0.6) is 0 Å². The summed E-state index contributed by atoms with van der Waals surface area (Å²) in [5, 5.41) is 11.7. The van der Waals surface area contributed by atoms with Gasteiger partial charge in [0, 0.05) is 5.75 Å². The van der Waals surface area contributed by atoms with Gasteiger partial charge in [-0.3, -0.25) is 4.79 Å². The van der Waals surface area contributed by atoms with Crippen LogP contribution in [-0.4, -0.2) is 34.0 Å². The molecule has 20 heavy (non-hydrogen) atoms. The maximum absolute atomic E-state index is 13.0. The molecular formula is C13H13F2NO3S. The van der Waals surface area contributed by atoms with Gasteiger partial charge in [0.2, 0.25) is 5.91 Å². The van der Waals surface area contributed by atoms with E-state index in [0.717, 1.165) is 12.1 Å². The molecule has 0 aromatic heterocycles. The van der Waals surface area contributed by atoms with E-state index < -0.39 is 29.0 Å². The summed E-state index contributed by atoms with van der Waals surface area (Å²) in [7, 11) is 0. The monoisotopic (exact) mass is 301 g/mol. The molecule has 4 nitrogen and oxygen atoms in total. The highest BCUT2D eigenvalue weighted by Crippen LogP contribution is 2.28. The average Bonchev–Trinajstić information content (AvgIpc) is 2.83. The minimum absolute atomic E-state index is 0.184. The number of carboxylic acid groups (broad SMARTS) is 1. The van der Waals surface area contributed by atoms with E-state index in [1.165, 1.54) is 17.8 Å². The van der Waals surface area contributed by atoms with E-state index in [-0.39, 0.29) is 6.42 Å². The highest BCUT2D eigenvalue weighted by atomic mass is 32.2. The largest absolute Gasteiger partial charge is 0.479 e.